The molecule has 6 heteroatoms. The normalized spacial score (nSPS) is 19.1. The highest BCUT2D eigenvalue weighted by molar-refractivity contribution is 8.16. The molecule has 0 bridgehead atoms. The number of carbonyl (C=O) groups excluding carboxylic acids is 1. The number of nitrogens with two attached hydrogens (primary N) is 1. The van der Waals surface area contributed by atoms with E-state index in [2.05, 4.69) is 5.32 Å². The summed E-state index contributed by atoms with van der Waals surface area (Å²) in [6.07, 6.45) is 0. The number of thioether (sulfide) groups is 2. The number of hydrogen-bond donors (Lipinski definition) is 1. The highest BCUT2D eigenvalue weighted by atomic mass is 32.2. The second-order valence-electron chi connectivity index (χ2n) is 4.27. The van der Waals surface area contributed by atoms with Crippen LogP contribution in [0.4, 0.5) is 0 Å². The fraction of sp³-hybridized carbons (Fsp3) is 0.308. The summed E-state index contributed by atoms with van der Waals surface area (Å²) in [5, 5.41) is 14.3. The van der Waals surface area contributed by atoms with Crippen molar-refractivity contribution in [1.29, 1.82) is 0 Å². The number of carbonyl (C=O) groups is 1. The van der Waals surface area contributed by atoms with Crippen molar-refractivity contribution in [2.24, 2.45) is 0 Å². The Kier molecular flexibility index (Phi) is 3.72. The number of furan rings is 1. The van der Waals surface area contributed by atoms with Crippen molar-refractivity contribution in [2.75, 3.05) is 12.3 Å². The summed E-state index contributed by atoms with van der Waals surface area (Å²) in [6, 6.07) is 7.41. The van der Waals surface area contributed by atoms with Crippen LogP contribution in [0.3, 0.4) is 0 Å². The third-order valence-electron chi connectivity index (χ3n) is 3.03. The van der Waals surface area contributed by atoms with Crippen molar-refractivity contribution in [2.45, 2.75) is 10.5 Å². The zero-order valence-electron chi connectivity index (χ0n) is 10.1. The summed E-state index contributed by atoms with van der Waals surface area (Å²) in [5.41, 5.74) is 1.35. The van der Waals surface area contributed by atoms with E-state index in [0.29, 0.717) is 16.0 Å². The lowest BCUT2D eigenvalue weighted by atomic mass is 10.1. The van der Waals surface area contributed by atoms with E-state index in [1.165, 1.54) is 0 Å². The first-order valence-electron chi connectivity index (χ1n) is 6.04. The molecule has 2 N–H and O–H groups in total. The van der Waals surface area contributed by atoms with Gasteiger partial charge in [-0.1, -0.05) is 41.7 Å². The first-order chi connectivity index (χ1) is 9.25. The average molecular weight is 295 g/mol. The molecule has 1 aromatic heterocycles. The molecular formula is C13H13NO3S2. The van der Waals surface area contributed by atoms with Gasteiger partial charge in [-0.05, 0) is 6.07 Å². The van der Waals surface area contributed by atoms with E-state index in [0.717, 1.165) is 23.2 Å². The number of hydrogen-bond acceptors (Lipinski definition) is 5. The molecule has 1 aliphatic rings. The minimum absolute atomic E-state index is 0.0308. The Morgan fingerprint density at radius 3 is 3.11 bits per heavy atom. The Balaban J connectivity index is 1.90. The van der Waals surface area contributed by atoms with Crippen LogP contribution in [0.15, 0.2) is 28.7 Å². The maximum atomic E-state index is 11.2. The Morgan fingerprint density at radius 2 is 2.37 bits per heavy atom. The monoisotopic (exact) mass is 295 g/mol. The van der Waals surface area contributed by atoms with Crippen LogP contribution in [0.5, 0.6) is 0 Å². The molecule has 0 aliphatic carbocycles. The van der Waals surface area contributed by atoms with Gasteiger partial charge in [-0.25, -0.2) is 0 Å². The topological polar surface area (TPSA) is 69.9 Å². The van der Waals surface area contributed by atoms with E-state index < -0.39 is 5.97 Å². The van der Waals surface area contributed by atoms with Gasteiger partial charge in [0.05, 0.1) is 6.54 Å². The number of carboxylic acid groups (broad SMARTS) is 1. The van der Waals surface area contributed by atoms with Crippen molar-refractivity contribution in [3.63, 3.8) is 0 Å². The minimum Gasteiger partial charge on any atom is -0.542 e. The summed E-state index contributed by atoms with van der Waals surface area (Å²) in [6.45, 7) is 1.13. The first kappa shape index (κ1) is 12.9. The minimum atomic E-state index is -1.24. The molecule has 0 spiro atoms. The maximum Gasteiger partial charge on any atom is 0.180 e. The summed E-state index contributed by atoms with van der Waals surface area (Å²) in [4.78, 5) is 11.2. The van der Waals surface area contributed by atoms with E-state index in [9.17, 15) is 9.90 Å². The molecular weight excluding hydrogens is 282 g/mol. The van der Waals surface area contributed by atoms with Crippen molar-refractivity contribution < 1.29 is 19.6 Å². The Labute approximate surface area is 118 Å². The fourth-order valence-electron chi connectivity index (χ4n) is 2.14. The molecule has 2 heterocycles. The lowest BCUT2D eigenvalue weighted by Gasteiger charge is -2.07. The Morgan fingerprint density at radius 1 is 1.53 bits per heavy atom. The van der Waals surface area contributed by atoms with Crippen molar-refractivity contribution in [3.8, 4) is 0 Å². The number of fused-ring (bicyclic) bond motifs is 1. The van der Waals surface area contributed by atoms with Gasteiger partial charge in [0.15, 0.2) is 10.5 Å². The smallest absolute Gasteiger partial charge is 0.180 e. The lowest BCUT2D eigenvalue weighted by Crippen LogP contribution is -2.85. The van der Waals surface area contributed by atoms with Crippen LogP contribution in [0, 0.1) is 0 Å². The highest BCUT2D eigenvalue weighted by Gasteiger charge is 2.22. The number of para-hydroxylation sites is 1. The lowest BCUT2D eigenvalue weighted by molar-refractivity contribution is -0.637. The predicted octanol–water partition coefficient (Wildman–Crippen LogP) is 0.623. The molecule has 0 unspecified atom stereocenters. The summed E-state index contributed by atoms with van der Waals surface area (Å²) in [7, 11) is 0. The molecule has 1 aliphatic heterocycles. The second kappa shape index (κ2) is 5.48. The number of quaternary nitrogens is 1. The van der Waals surface area contributed by atoms with E-state index >= 15 is 0 Å². The van der Waals surface area contributed by atoms with Crippen LogP contribution >= 0.6 is 23.5 Å². The third kappa shape index (κ3) is 2.61. The second-order valence-corrected chi connectivity index (χ2v) is 6.95. The molecule has 19 heavy (non-hydrogen) atoms. The van der Waals surface area contributed by atoms with Crippen LogP contribution in [-0.2, 0) is 5.75 Å². The van der Waals surface area contributed by atoms with Crippen molar-refractivity contribution in [3.05, 3.63) is 35.6 Å². The van der Waals surface area contributed by atoms with Gasteiger partial charge in [0, 0.05) is 22.5 Å². The van der Waals surface area contributed by atoms with Crippen LogP contribution in [0.25, 0.3) is 11.0 Å². The summed E-state index contributed by atoms with van der Waals surface area (Å²) >= 11 is 3.64. The summed E-state index contributed by atoms with van der Waals surface area (Å²) in [5.74, 6) is 0.512. The number of aromatic carboxylic acids is 1. The van der Waals surface area contributed by atoms with E-state index in [4.69, 9.17) is 4.42 Å². The van der Waals surface area contributed by atoms with Gasteiger partial charge in [0.1, 0.15) is 11.6 Å². The standard InChI is InChI=1S/C13H13NO3S2/c15-12(16)11-9(7-19-13-14-5-6-18-13)8-3-1-2-4-10(8)17-11/h1-4,13-14H,5-7H2,(H,15,16)/t13-/m0/s1. The average Bonchev–Trinajstić information content (AvgIpc) is 3.03. The number of carboxylic acids is 1. The Bertz CT molecular complexity index is 605. The van der Waals surface area contributed by atoms with Gasteiger partial charge in [0.25, 0.3) is 0 Å². The fourth-order valence-corrected chi connectivity index (χ4v) is 4.69. The zero-order chi connectivity index (χ0) is 13.2. The molecule has 1 fully saturated rings. The van der Waals surface area contributed by atoms with Crippen LogP contribution in [0.2, 0.25) is 0 Å². The molecule has 2 aromatic rings. The molecule has 1 saturated heterocycles. The van der Waals surface area contributed by atoms with Gasteiger partial charge in [0.2, 0.25) is 0 Å². The van der Waals surface area contributed by atoms with E-state index in [-0.39, 0.29) is 5.76 Å². The van der Waals surface area contributed by atoms with E-state index in [1.54, 1.807) is 17.8 Å². The van der Waals surface area contributed by atoms with Gasteiger partial charge in [-0.3, -0.25) is 0 Å². The van der Waals surface area contributed by atoms with Crippen LogP contribution in [-0.4, -0.2) is 23.0 Å². The van der Waals surface area contributed by atoms with Gasteiger partial charge in [-0.15, -0.1) is 0 Å². The van der Waals surface area contributed by atoms with E-state index in [1.807, 2.05) is 30.0 Å². The zero-order valence-corrected chi connectivity index (χ0v) is 11.8. The molecule has 100 valence electrons. The molecule has 1 aromatic carbocycles. The van der Waals surface area contributed by atoms with Gasteiger partial charge in [-0.2, -0.15) is 0 Å². The Hall–Kier alpha value is -1.11. The molecule has 0 amide bonds. The van der Waals surface area contributed by atoms with Crippen LogP contribution < -0.4 is 10.4 Å². The molecule has 4 nitrogen and oxygen atoms in total. The number of rotatable bonds is 4. The molecule has 3 rings (SSSR count). The predicted molar refractivity (Wildman–Crippen MR) is 74.9 cm³/mol. The SMILES string of the molecule is O=C([O-])c1oc2ccccc2c1CS[C@H]1[NH2+]CCS1. The highest BCUT2D eigenvalue weighted by Crippen LogP contribution is 2.31. The van der Waals surface area contributed by atoms with Crippen molar-refractivity contribution >= 4 is 40.5 Å². The molecule has 0 saturated carbocycles. The first-order valence-corrected chi connectivity index (χ1v) is 8.14. The number of benzene rings is 1. The molecule has 0 radical (unpaired) electrons. The largest absolute Gasteiger partial charge is 0.542 e. The third-order valence-corrected chi connectivity index (χ3v) is 5.82. The summed E-state index contributed by atoms with van der Waals surface area (Å²) < 4.78 is 5.83. The van der Waals surface area contributed by atoms with Gasteiger partial charge >= 0.3 is 0 Å². The van der Waals surface area contributed by atoms with Crippen LogP contribution in [0.1, 0.15) is 16.1 Å². The van der Waals surface area contributed by atoms with Crippen molar-refractivity contribution in [1.82, 2.24) is 0 Å². The quantitative estimate of drug-likeness (QED) is 0.895. The molecule has 1 atom stereocenters. The maximum absolute atomic E-state index is 11.2. The van der Waals surface area contributed by atoms with Gasteiger partial charge < -0.3 is 19.6 Å².